The van der Waals surface area contributed by atoms with E-state index >= 15 is 0 Å². The molecule has 0 aliphatic rings. The fourth-order valence-electron chi connectivity index (χ4n) is 1.87. The van der Waals surface area contributed by atoms with Gasteiger partial charge in [0.1, 0.15) is 11.3 Å². The van der Waals surface area contributed by atoms with E-state index in [1.165, 1.54) is 0 Å². The summed E-state index contributed by atoms with van der Waals surface area (Å²) in [6, 6.07) is 3.50. The van der Waals surface area contributed by atoms with E-state index in [1.807, 2.05) is 0 Å². The highest BCUT2D eigenvalue weighted by atomic mass is 16.3. The summed E-state index contributed by atoms with van der Waals surface area (Å²) in [5.74, 6) is 6.32. The lowest BCUT2D eigenvalue weighted by atomic mass is 10.1. The Labute approximate surface area is 126 Å². The zero-order chi connectivity index (χ0) is 15.7. The van der Waals surface area contributed by atoms with E-state index in [0.717, 1.165) is 10.9 Å². The molecule has 3 heterocycles. The van der Waals surface area contributed by atoms with Crippen molar-refractivity contribution in [2.45, 2.75) is 19.4 Å². The van der Waals surface area contributed by atoms with Crippen LogP contribution in [0.4, 0.5) is 5.95 Å². The van der Waals surface area contributed by atoms with Gasteiger partial charge in [0.15, 0.2) is 5.82 Å². The van der Waals surface area contributed by atoms with Gasteiger partial charge in [-0.2, -0.15) is 10.1 Å². The van der Waals surface area contributed by atoms with Gasteiger partial charge in [0.25, 0.3) is 0 Å². The molecule has 3 N–H and O–H groups in total. The quantitative estimate of drug-likeness (QED) is 0.647. The van der Waals surface area contributed by atoms with Crippen LogP contribution < -0.4 is 5.73 Å². The number of anilines is 1. The molecule has 0 unspecified atom stereocenters. The van der Waals surface area contributed by atoms with Crippen LogP contribution in [0.1, 0.15) is 19.5 Å². The lowest BCUT2D eigenvalue weighted by Gasteiger charge is -2.06. The summed E-state index contributed by atoms with van der Waals surface area (Å²) < 4.78 is 1.64. The Bertz CT molecular complexity index is 898. The molecule has 0 bridgehead atoms. The predicted molar refractivity (Wildman–Crippen MR) is 82.0 cm³/mol. The third-order valence-corrected chi connectivity index (χ3v) is 2.83. The van der Waals surface area contributed by atoms with Gasteiger partial charge < -0.3 is 10.8 Å². The van der Waals surface area contributed by atoms with Crippen molar-refractivity contribution in [1.29, 1.82) is 0 Å². The van der Waals surface area contributed by atoms with Crippen LogP contribution in [-0.2, 0) is 0 Å². The highest BCUT2D eigenvalue weighted by Gasteiger charge is 2.09. The summed E-state index contributed by atoms with van der Waals surface area (Å²) in [5, 5.41) is 14.8. The van der Waals surface area contributed by atoms with Crippen LogP contribution in [0.15, 0.2) is 30.7 Å². The number of fused-ring (bicyclic) bond motifs is 1. The van der Waals surface area contributed by atoms with E-state index in [4.69, 9.17) is 5.73 Å². The van der Waals surface area contributed by atoms with Gasteiger partial charge in [-0.1, -0.05) is 5.92 Å². The van der Waals surface area contributed by atoms with Gasteiger partial charge in [0, 0.05) is 23.8 Å². The minimum absolute atomic E-state index is 0.178. The second-order valence-corrected chi connectivity index (χ2v) is 5.27. The topological polar surface area (TPSA) is 103 Å². The molecule has 3 rings (SSSR count). The molecule has 22 heavy (non-hydrogen) atoms. The summed E-state index contributed by atoms with van der Waals surface area (Å²) in [5.41, 5.74) is 5.88. The highest BCUT2D eigenvalue weighted by molar-refractivity contribution is 5.80. The number of rotatable bonds is 1. The zero-order valence-electron chi connectivity index (χ0n) is 12.1. The second kappa shape index (κ2) is 5.09. The average molecular weight is 294 g/mol. The number of aromatic nitrogens is 5. The van der Waals surface area contributed by atoms with Crippen molar-refractivity contribution in [2.24, 2.45) is 0 Å². The molecule has 7 heteroatoms. The van der Waals surface area contributed by atoms with Gasteiger partial charge in [-0.3, -0.25) is 0 Å². The van der Waals surface area contributed by atoms with Crippen LogP contribution in [0.5, 0.6) is 0 Å². The smallest absolute Gasteiger partial charge is 0.221 e. The minimum Gasteiger partial charge on any atom is -0.378 e. The summed E-state index contributed by atoms with van der Waals surface area (Å²) in [7, 11) is 0. The third-order valence-electron chi connectivity index (χ3n) is 2.83. The number of nitrogens with zero attached hydrogens (tertiary/aromatic N) is 5. The number of nitrogens with two attached hydrogens (primary N) is 1. The molecule has 0 saturated heterocycles. The Morgan fingerprint density at radius 2 is 2.09 bits per heavy atom. The van der Waals surface area contributed by atoms with Gasteiger partial charge in [-0.05, 0) is 25.8 Å². The Hall–Kier alpha value is -2.98. The molecule has 0 aromatic carbocycles. The molecule has 110 valence electrons. The first-order valence-electron chi connectivity index (χ1n) is 6.61. The number of pyridine rings is 1. The van der Waals surface area contributed by atoms with Crippen LogP contribution in [0, 0.1) is 11.8 Å². The summed E-state index contributed by atoms with van der Waals surface area (Å²) >= 11 is 0. The highest BCUT2D eigenvalue weighted by Crippen LogP contribution is 2.17. The van der Waals surface area contributed by atoms with E-state index < -0.39 is 5.60 Å². The molecule has 0 fully saturated rings. The summed E-state index contributed by atoms with van der Waals surface area (Å²) in [6.07, 6.45) is 4.94. The van der Waals surface area contributed by atoms with Crippen molar-refractivity contribution in [3.05, 3.63) is 36.4 Å². The van der Waals surface area contributed by atoms with E-state index in [9.17, 15) is 5.11 Å². The monoisotopic (exact) mass is 294 g/mol. The van der Waals surface area contributed by atoms with Crippen LogP contribution in [0.3, 0.4) is 0 Å². The van der Waals surface area contributed by atoms with Crippen molar-refractivity contribution in [1.82, 2.24) is 24.7 Å². The summed E-state index contributed by atoms with van der Waals surface area (Å²) in [4.78, 5) is 12.3. The normalized spacial score (nSPS) is 11.2. The Kier molecular flexibility index (Phi) is 3.23. The van der Waals surface area contributed by atoms with E-state index in [1.54, 1.807) is 49.3 Å². The lowest BCUT2D eigenvalue weighted by Crippen LogP contribution is -2.14. The average Bonchev–Trinajstić information content (AvgIpc) is 2.87. The van der Waals surface area contributed by atoms with E-state index in [2.05, 4.69) is 31.9 Å². The maximum Gasteiger partial charge on any atom is 0.221 e. The molecular formula is C15H14N6O. The van der Waals surface area contributed by atoms with Crippen LogP contribution in [0.25, 0.3) is 16.7 Å². The first kappa shape index (κ1) is 14.0. The number of hydrogen-bond acceptors (Lipinski definition) is 6. The third kappa shape index (κ3) is 2.87. The molecule has 0 aliphatic heterocycles. The van der Waals surface area contributed by atoms with Crippen LogP contribution in [-0.4, -0.2) is 35.4 Å². The maximum absolute atomic E-state index is 9.67. The van der Waals surface area contributed by atoms with Gasteiger partial charge in [-0.25, -0.2) is 14.6 Å². The van der Waals surface area contributed by atoms with E-state index in [-0.39, 0.29) is 5.95 Å². The molecule has 0 saturated carbocycles. The van der Waals surface area contributed by atoms with Gasteiger partial charge in [0.2, 0.25) is 5.95 Å². The molecule has 3 aromatic heterocycles. The molecule has 0 radical (unpaired) electrons. The minimum atomic E-state index is -1.07. The predicted octanol–water partition coefficient (Wildman–Crippen LogP) is 0.915. The maximum atomic E-state index is 9.67. The van der Waals surface area contributed by atoms with Crippen LogP contribution >= 0.6 is 0 Å². The fourth-order valence-corrected chi connectivity index (χ4v) is 1.87. The Balaban J connectivity index is 2.11. The molecule has 7 nitrogen and oxygen atoms in total. The molecule has 0 spiro atoms. The standard InChI is InChI=1S/C15H14N6O/c1-15(2,22)5-3-11-7-12-10(8-18-11)9-19-21(12)13-4-6-17-14(16)20-13/h4,6-9,22H,1-2H3,(H2,16,17,20). The Morgan fingerprint density at radius 3 is 2.82 bits per heavy atom. The SMILES string of the molecule is CC(C)(O)C#Cc1cc2c(cn1)cnn2-c1ccnc(N)n1. The first-order valence-corrected chi connectivity index (χ1v) is 6.61. The fraction of sp³-hybridized carbons (Fsp3) is 0.200. The van der Waals surface area contributed by atoms with Gasteiger partial charge >= 0.3 is 0 Å². The number of hydrogen-bond donors (Lipinski definition) is 2. The molecule has 0 atom stereocenters. The van der Waals surface area contributed by atoms with Gasteiger partial charge in [-0.15, -0.1) is 0 Å². The second-order valence-electron chi connectivity index (χ2n) is 5.27. The zero-order valence-corrected chi connectivity index (χ0v) is 12.1. The largest absolute Gasteiger partial charge is 0.378 e. The first-order chi connectivity index (χ1) is 10.4. The van der Waals surface area contributed by atoms with Crippen molar-refractivity contribution in [3.8, 4) is 17.7 Å². The molecule has 0 amide bonds. The van der Waals surface area contributed by atoms with Crippen LogP contribution in [0.2, 0.25) is 0 Å². The molecule has 0 aliphatic carbocycles. The summed E-state index contributed by atoms with van der Waals surface area (Å²) in [6.45, 7) is 3.24. The van der Waals surface area contributed by atoms with Crippen molar-refractivity contribution < 1.29 is 5.11 Å². The lowest BCUT2D eigenvalue weighted by molar-refractivity contribution is 0.143. The molecule has 3 aromatic rings. The number of aliphatic hydroxyl groups is 1. The van der Waals surface area contributed by atoms with Crippen molar-refractivity contribution >= 4 is 16.9 Å². The van der Waals surface area contributed by atoms with Gasteiger partial charge in [0.05, 0.1) is 11.7 Å². The molecular weight excluding hydrogens is 280 g/mol. The van der Waals surface area contributed by atoms with Crippen molar-refractivity contribution in [3.63, 3.8) is 0 Å². The van der Waals surface area contributed by atoms with Crippen molar-refractivity contribution in [2.75, 3.05) is 5.73 Å². The Morgan fingerprint density at radius 1 is 1.27 bits per heavy atom. The van der Waals surface area contributed by atoms with E-state index in [0.29, 0.717) is 11.5 Å². The number of nitrogen functional groups attached to an aromatic ring is 1.